The average Bonchev–Trinajstić information content (AvgIpc) is 1.88. The Labute approximate surface area is 60.5 Å². The summed E-state index contributed by atoms with van der Waals surface area (Å²) >= 11 is 0. The molecule has 1 aromatic rings. The van der Waals surface area contributed by atoms with Gasteiger partial charge >= 0.3 is 0 Å². The SMILES string of the molecule is CC(C)(C)c1[c]ncnn1. The van der Waals surface area contributed by atoms with Crippen molar-refractivity contribution in [1.29, 1.82) is 0 Å². The van der Waals surface area contributed by atoms with Crippen LogP contribution in [0.1, 0.15) is 26.5 Å². The number of aromatic nitrogens is 3. The van der Waals surface area contributed by atoms with E-state index in [0.29, 0.717) is 0 Å². The first kappa shape index (κ1) is 7.12. The lowest BCUT2D eigenvalue weighted by molar-refractivity contribution is 0.551. The van der Waals surface area contributed by atoms with Gasteiger partial charge in [-0.1, -0.05) is 20.8 Å². The van der Waals surface area contributed by atoms with E-state index in [4.69, 9.17) is 0 Å². The Morgan fingerprint density at radius 2 is 2.10 bits per heavy atom. The molecular formula is C7H10N3. The van der Waals surface area contributed by atoms with Crippen molar-refractivity contribution in [3.63, 3.8) is 0 Å². The first-order chi connectivity index (χ1) is 4.61. The lowest BCUT2D eigenvalue weighted by Crippen LogP contribution is -2.14. The first-order valence-corrected chi connectivity index (χ1v) is 3.16. The molecule has 0 amide bonds. The minimum absolute atomic E-state index is 0.00125. The average molecular weight is 136 g/mol. The zero-order valence-corrected chi connectivity index (χ0v) is 6.42. The predicted octanol–water partition coefficient (Wildman–Crippen LogP) is 0.969. The number of nitrogens with zero attached hydrogens (tertiary/aromatic N) is 3. The predicted molar refractivity (Wildman–Crippen MR) is 37.4 cm³/mol. The molecule has 3 heteroatoms. The van der Waals surface area contributed by atoms with Crippen molar-refractivity contribution in [2.24, 2.45) is 0 Å². The van der Waals surface area contributed by atoms with Gasteiger partial charge in [0.15, 0.2) is 0 Å². The van der Waals surface area contributed by atoms with Gasteiger partial charge in [0.2, 0.25) is 0 Å². The van der Waals surface area contributed by atoms with E-state index >= 15 is 0 Å². The van der Waals surface area contributed by atoms with E-state index in [-0.39, 0.29) is 5.41 Å². The Kier molecular flexibility index (Phi) is 1.66. The maximum absolute atomic E-state index is 3.88. The van der Waals surface area contributed by atoms with Crippen molar-refractivity contribution in [3.05, 3.63) is 18.2 Å². The van der Waals surface area contributed by atoms with Gasteiger partial charge in [0, 0.05) is 5.41 Å². The van der Waals surface area contributed by atoms with Crippen molar-refractivity contribution in [3.8, 4) is 0 Å². The van der Waals surface area contributed by atoms with Gasteiger partial charge in [-0.3, -0.25) is 0 Å². The van der Waals surface area contributed by atoms with Crippen LogP contribution in [0.15, 0.2) is 6.33 Å². The molecule has 10 heavy (non-hydrogen) atoms. The maximum Gasteiger partial charge on any atom is 0.138 e. The summed E-state index contributed by atoms with van der Waals surface area (Å²) in [6.45, 7) is 6.15. The lowest BCUT2D eigenvalue weighted by atomic mass is 9.93. The Hall–Kier alpha value is -0.990. The monoisotopic (exact) mass is 136 g/mol. The molecule has 53 valence electrons. The summed E-state index contributed by atoms with van der Waals surface area (Å²) in [5, 5.41) is 7.54. The topological polar surface area (TPSA) is 38.7 Å². The molecule has 0 aromatic carbocycles. The van der Waals surface area contributed by atoms with E-state index in [9.17, 15) is 0 Å². The fraction of sp³-hybridized carbons (Fsp3) is 0.571. The van der Waals surface area contributed by atoms with Gasteiger partial charge in [-0.15, -0.1) is 5.10 Å². The van der Waals surface area contributed by atoms with Gasteiger partial charge in [0.25, 0.3) is 0 Å². The third-order valence-electron chi connectivity index (χ3n) is 1.15. The molecule has 3 nitrogen and oxygen atoms in total. The molecule has 0 saturated carbocycles. The van der Waals surface area contributed by atoms with Crippen molar-refractivity contribution < 1.29 is 0 Å². The Bertz CT molecular complexity index is 200. The molecule has 0 fully saturated rings. The van der Waals surface area contributed by atoms with Gasteiger partial charge in [-0.2, -0.15) is 5.10 Å². The lowest BCUT2D eigenvalue weighted by Gasteiger charge is -2.14. The zero-order valence-electron chi connectivity index (χ0n) is 6.42. The number of hydrogen-bond acceptors (Lipinski definition) is 3. The van der Waals surface area contributed by atoms with Crippen LogP contribution in [0.5, 0.6) is 0 Å². The van der Waals surface area contributed by atoms with Gasteiger partial charge in [0.05, 0.1) is 5.69 Å². The second kappa shape index (κ2) is 2.33. The largest absolute Gasteiger partial charge is 0.231 e. The molecule has 1 radical (unpaired) electrons. The highest BCUT2D eigenvalue weighted by Gasteiger charge is 2.15. The van der Waals surface area contributed by atoms with E-state index < -0.39 is 0 Å². The molecule has 0 unspecified atom stereocenters. The third-order valence-corrected chi connectivity index (χ3v) is 1.15. The normalized spacial score (nSPS) is 11.5. The summed E-state index contributed by atoms with van der Waals surface area (Å²) < 4.78 is 0. The van der Waals surface area contributed by atoms with Crippen LogP contribution in [0.25, 0.3) is 0 Å². The number of rotatable bonds is 0. The first-order valence-electron chi connectivity index (χ1n) is 3.16. The molecule has 0 aliphatic heterocycles. The molecule has 1 aromatic heterocycles. The minimum atomic E-state index is 0.00125. The van der Waals surface area contributed by atoms with E-state index in [0.717, 1.165) is 5.69 Å². The Balaban J connectivity index is 2.97. The van der Waals surface area contributed by atoms with Gasteiger partial charge < -0.3 is 0 Å². The molecule has 1 heterocycles. The van der Waals surface area contributed by atoms with Crippen LogP contribution in [0, 0.1) is 6.20 Å². The summed E-state index contributed by atoms with van der Waals surface area (Å²) in [7, 11) is 0. The number of hydrogen-bond donors (Lipinski definition) is 0. The Morgan fingerprint density at radius 1 is 1.40 bits per heavy atom. The van der Waals surface area contributed by atoms with Crippen LogP contribution in [0.2, 0.25) is 0 Å². The van der Waals surface area contributed by atoms with Crippen molar-refractivity contribution in [1.82, 2.24) is 15.2 Å². The van der Waals surface area contributed by atoms with Gasteiger partial charge in [-0.05, 0) is 0 Å². The van der Waals surface area contributed by atoms with Crippen molar-refractivity contribution >= 4 is 0 Å². The molecule has 0 aliphatic rings. The molecule has 0 bridgehead atoms. The van der Waals surface area contributed by atoms with Gasteiger partial charge in [-0.25, -0.2) is 4.98 Å². The summed E-state index contributed by atoms with van der Waals surface area (Å²) in [6.07, 6.45) is 4.17. The second-order valence-corrected chi connectivity index (χ2v) is 3.17. The van der Waals surface area contributed by atoms with E-state index in [1.807, 2.05) is 0 Å². The fourth-order valence-corrected chi connectivity index (χ4v) is 0.539. The van der Waals surface area contributed by atoms with Crippen LogP contribution in [-0.2, 0) is 5.41 Å². The van der Waals surface area contributed by atoms with E-state index in [1.54, 1.807) is 0 Å². The third kappa shape index (κ3) is 1.50. The molecular weight excluding hydrogens is 126 g/mol. The molecule has 0 atom stereocenters. The van der Waals surface area contributed by atoms with Crippen LogP contribution < -0.4 is 0 Å². The molecule has 0 saturated heterocycles. The van der Waals surface area contributed by atoms with Crippen LogP contribution >= 0.6 is 0 Å². The highest BCUT2D eigenvalue weighted by molar-refractivity contribution is 5.03. The van der Waals surface area contributed by atoms with Gasteiger partial charge in [0.1, 0.15) is 12.5 Å². The van der Waals surface area contributed by atoms with Crippen molar-refractivity contribution in [2.45, 2.75) is 26.2 Å². The summed E-state index contributed by atoms with van der Waals surface area (Å²) in [5.74, 6) is 0. The van der Waals surface area contributed by atoms with Crippen LogP contribution in [-0.4, -0.2) is 15.2 Å². The van der Waals surface area contributed by atoms with Crippen molar-refractivity contribution in [2.75, 3.05) is 0 Å². The highest BCUT2D eigenvalue weighted by atomic mass is 15.1. The summed E-state index contributed by atoms with van der Waals surface area (Å²) in [5.41, 5.74) is 0.802. The molecule has 0 N–H and O–H groups in total. The highest BCUT2D eigenvalue weighted by Crippen LogP contribution is 2.16. The van der Waals surface area contributed by atoms with E-state index in [1.165, 1.54) is 6.33 Å². The Morgan fingerprint density at radius 3 is 2.40 bits per heavy atom. The summed E-state index contributed by atoms with van der Waals surface area (Å²) in [4.78, 5) is 3.75. The second-order valence-electron chi connectivity index (χ2n) is 3.17. The minimum Gasteiger partial charge on any atom is -0.231 e. The quantitative estimate of drug-likeness (QED) is 0.533. The van der Waals surface area contributed by atoms with E-state index in [2.05, 4.69) is 42.1 Å². The molecule has 1 rings (SSSR count). The van der Waals surface area contributed by atoms with Crippen LogP contribution in [0.4, 0.5) is 0 Å². The molecule has 0 aliphatic carbocycles. The summed E-state index contributed by atoms with van der Waals surface area (Å²) in [6, 6.07) is 0. The van der Waals surface area contributed by atoms with Crippen LogP contribution in [0.3, 0.4) is 0 Å². The standard InChI is InChI=1S/C7H10N3/c1-7(2,3)6-4-8-5-9-10-6/h5H,1-3H3. The zero-order chi connectivity index (χ0) is 7.61. The smallest absolute Gasteiger partial charge is 0.138 e. The maximum atomic E-state index is 3.88. The molecule has 0 spiro atoms. The fourth-order valence-electron chi connectivity index (χ4n) is 0.539.